The van der Waals surface area contributed by atoms with Gasteiger partial charge in [-0.3, -0.25) is 4.99 Å². The molecule has 0 saturated carbocycles. The van der Waals surface area contributed by atoms with Crippen molar-refractivity contribution >= 4 is 29.9 Å². The second-order valence-corrected chi connectivity index (χ2v) is 6.39. The van der Waals surface area contributed by atoms with Gasteiger partial charge in [0.15, 0.2) is 5.96 Å². The average molecular weight is 478 g/mol. The number of rotatable bonds is 9. The summed E-state index contributed by atoms with van der Waals surface area (Å²) in [5.41, 5.74) is 0. The van der Waals surface area contributed by atoms with Crippen molar-refractivity contribution in [2.24, 2.45) is 4.99 Å². The van der Waals surface area contributed by atoms with Crippen molar-refractivity contribution in [2.45, 2.75) is 38.7 Å². The molecule has 1 aromatic carbocycles. The van der Waals surface area contributed by atoms with Gasteiger partial charge in [0, 0.05) is 19.7 Å². The largest absolute Gasteiger partial charge is 0.489 e. The predicted octanol–water partition coefficient (Wildman–Crippen LogP) is 3.25. The van der Waals surface area contributed by atoms with Gasteiger partial charge in [-0.05, 0) is 57.5 Å². The second kappa shape index (κ2) is 13.1. The van der Waals surface area contributed by atoms with Crippen LogP contribution < -0.4 is 15.4 Å². The van der Waals surface area contributed by atoms with E-state index in [1.165, 1.54) is 38.1 Å². The SMILES string of the molecule is CCC(CNC(=NC)NCCCN1CCCC1)Oc1cccc(F)c1.I. The molecule has 26 heavy (non-hydrogen) atoms. The number of benzene rings is 1. The van der Waals surface area contributed by atoms with Gasteiger partial charge < -0.3 is 20.3 Å². The average Bonchev–Trinajstić information content (AvgIpc) is 3.13. The van der Waals surface area contributed by atoms with Crippen LogP contribution >= 0.6 is 24.0 Å². The van der Waals surface area contributed by atoms with E-state index in [-0.39, 0.29) is 35.9 Å². The van der Waals surface area contributed by atoms with Crippen LogP contribution in [0.4, 0.5) is 4.39 Å². The highest BCUT2D eigenvalue weighted by Crippen LogP contribution is 2.14. The van der Waals surface area contributed by atoms with Gasteiger partial charge in [0.2, 0.25) is 0 Å². The van der Waals surface area contributed by atoms with Gasteiger partial charge in [0.05, 0.1) is 6.54 Å². The summed E-state index contributed by atoms with van der Waals surface area (Å²) in [6.45, 7) is 7.20. The van der Waals surface area contributed by atoms with Crippen LogP contribution in [-0.2, 0) is 0 Å². The zero-order valence-corrected chi connectivity index (χ0v) is 18.2. The summed E-state index contributed by atoms with van der Waals surface area (Å²) in [7, 11) is 1.77. The number of ether oxygens (including phenoxy) is 1. The quantitative estimate of drug-likeness (QED) is 0.248. The molecule has 0 bridgehead atoms. The fraction of sp³-hybridized carbons (Fsp3) is 0.632. The smallest absolute Gasteiger partial charge is 0.191 e. The predicted molar refractivity (Wildman–Crippen MR) is 116 cm³/mol. The number of hydrogen-bond donors (Lipinski definition) is 2. The third-order valence-electron chi connectivity index (χ3n) is 4.42. The van der Waals surface area contributed by atoms with Crippen LogP contribution in [0.1, 0.15) is 32.6 Å². The van der Waals surface area contributed by atoms with Gasteiger partial charge in [-0.25, -0.2) is 4.39 Å². The lowest BCUT2D eigenvalue weighted by Gasteiger charge is -2.20. The number of nitrogens with one attached hydrogen (secondary N) is 2. The highest BCUT2D eigenvalue weighted by Gasteiger charge is 2.11. The minimum Gasteiger partial charge on any atom is -0.489 e. The molecule has 1 fully saturated rings. The molecule has 1 heterocycles. The first-order chi connectivity index (χ1) is 12.2. The first-order valence-electron chi connectivity index (χ1n) is 9.30. The Morgan fingerprint density at radius 3 is 2.73 bits per heavy atom. The second-order valence-electron chi connectivity index (χ2n) is 6.39. The van der Waals surface area contributed by atoms with Crippen LogP contribution in [0.25, 0.3) is 0 Å². The zero-order chi connectivity index (χ0) is 17.9. The number of hydrogen-bond acceptors (Lipinski definition) is 3. The first-order valence-corrected chi connectivity index (χ1v) is 9.30. The van der Waals surface area contributed by atoms with E-state index < -0.39 is 0 Å². The molecule has 1 atom stereocenters. The van der Waals surface area contributed by atoms with E-state index in [9.17, 15) is 4.39 Å². The summed E-state index contributed by atoms with van der Waals surface area (Å²) in [6.07, 6.45) is 4.57. The molecule has 1 saturated heterocycles. The molecule has 1 unspecified atom stereocenters. The summed E-state index contributed by atoms with van der Waals surface area (Å²) >= 11 is 0. The van der Waals surface area contributed by atoms with Gasteiger partial charge in [-0.2, -0.15) is 0 Å². The molecule has 2 N–H and O–H groups in total. The Labute approximate surface area is 173 Å². The monoisotopic (exact) mass is 478 g/mol. The normalized spacial score (nSPS) is 16.0. The standard InChI is InChI=1S/C19H31FN4O.HI/c1-3-17(25-18-9-6-8-16(20)14-18)15-23-19(21-2)22-10-7-13-24-11-4-5-12-24;/h6,8-9,14,17H,3-5,7,10-13,15H2,1-2H3,(H2,21,22,23);1H. The van der Waals surface area contributed by atoms with E-state index in [1.54, 1.807) is 19.2 Å². The number of likely N-dealkylation sites (tertiary alicyclic amines) is 1. The molecule has 0 aromatic heterocycles. The van der Waals surface area contributed by atoms with Crippen molar-refractivity contribution in [1.29, 1.82) is 0 Å². The maximum absolute atomic E-state index is 13.2. The summed E-state index contributed by atoms with van der Waals surface area (Å²) in [4.78, 5) is 6.76. The van der Waals surface area contributed by atoms with Gasteiger partial charge in [-0.15, -0.1) is 24.0 Å². The van der Waals surface area contributed by atoms with Crippen LogP contribution in [0, 0.1) is 5.82 Å². The van der Waals surface area contributed by atoms with Crippen molar-refractivity contribution in [2.75, 3.05) is 39.8 Å². The van der Waals surface area contributed by atoms with Crippen LogP contribution in [-0.4, -0.2) is 56.7 Å². The van der Waals surface area contributed by atoms with Gasteiger partial charge in [0.25, 0.3) is 0 Å². The van der Waals surface area contributed by atoms with Gasteiger partial charge in [0.1, 0.15) is 17.7 Å². The minimum atomic E-state index is -0.282. The lowest BCUT2D eigenvalue weighted by molar-refractivity contribution is 0.198. The molecular weight excluding hydrogens is 446 g/mol. The Balaban J connectivity index is 0.00000338. The number of nitrogens with zero attached hydrogens (tertiary/aromatic N) is 2. The van der Waals surface area contributed by atoms with Crippen LogP contribution in [0.15, 0.2) is 29.3 Å². The van der Waals surface area contributed by atoms with Gasteiger partial charge >= 0.3 is 0 Å². The Kier molecular flexibility index (Phi) is 11.6. The molecule has 5 nitrogen and oxygen atoms in total. The Morgan fingerprint density at radius 1 is 1.31 bits per heavy atom. The summed E-state index contributed by atoms with van der Waals surface area (Å²) in [5.74, 6) is 1.06. The van der Waals surface area contributed by atoms with Gasteiger partial charge in [-0.1, -0.05) is 13.0 Å². The maximum Gasteiger partial charge on any atom is 0.191 e. The molecule has 1 aliphatic rings. The third kappa shape index (κ3) is 8.53. The molecular formula is C19H32FIN4O. The Morgan fingerprint density at radius 2 is 2.08 bits per heavy atom. The van der Waals surface area contributed by atoms with Crippen molar-refractivity contribution in [3.8, 4) is 5.75 Å². The van der Waals surface area contributed by atoms with Crippen molar-refractivity contribution in [3.05, 3.63) is 30.1 Å². The lowest BCUT2D eigenvalue weighted by Crippen LogP contribution is -2.43. The van der Waals surface area contributed by atoms with E-state index in [0.717, 1.165) is 31.9 Å². The highest BCUT2D eigenvalue weighted by molar-refractivity contribution is 14.0. The Bertz CT molecular complexity index is 538. The molecule has 148 valence electrons. The summed E-state index contributed by atoms with van der Waals surface area (Å²) in [6, 6.07) is 6.26. The Hall–Kier alpha value is -1.09. The van der Waals surface area contributed by atoms with E-state index in [0.29, 0.717) is 12.3 Å². The fourth-order valence-electron chi connectivity index (χ4n) is 2.95. The third-order valence-corrected chi connectivity index (χ3v) is 4.42. The van der Waals surface area contributed by atoms with Crippen LogP contribution in [0.5, 0.6) is 5.75 Å². The van der Waals surface area contributed by atoms with E-state index >= 15 is 0 Å². The molecule has 1 aromatic rings. The number of halogens is 2. The topological polar surface area (TPSA) is 48.9 Å². The summed E-state index contributed by atoms with van der Waals surface area (Å²) < 4.78 is 19.1. The van der Waals surface area contributed by atoms with Crippen LogP contribution in [0.3, 0.4) is 0 Å². The highest BCUT2D eigenvalue weighted by atomic mass is 127. The number of aliphatic imine (C=N–C) groups is 1. The maximum atomic E-state index is 13.2. The first kappa shape index (κ1) is 23.0. The van der Waals surface area contributed by atoms with Crippen LogP contribution in [0.2, 0.25) is 0 Å². The molecule has 2 rings (SSSR count). The summed E-state index contributed by atoms with van der Waals surface area (Å²) in [5, 5.41) is 6.63. The molecule has 1 aliphatic heterocycles. The molecule has 0 spiro atoms. The zero-order valence-electron chi connectivity index (χ0n) is 15.8. The van der Waals surface area contributed by atoms with Crippen molar-refractivity contribution in [3.63, 3.8) is 0 Å². The molecule has 7 heteroatoms. The lowest BCUT2D eigenvalue weighted by atomic mass is 10.2. The molecule has 0 radical (unpaired) electrons. The molecule has 0 aliphatic carbocycles. The van der Waals surface area contributed by atoms with Crippen molar-refractivity contribution < 1.29 is 9.13 Å². The minimum absolute atomic E-state index is 0. The molecule has 0 amide bonds. The van der Waals surface area contributed by atoms with E-state index in [4.69, 9.17) is 4.74 Å². The van der Waals surface area contributed by atoms with E-state index in [1.807, 2.05) is 0 Å². The van der Waals surface area contributed by atoms with Crippen molar-refractivity contribution in [1.82, 2.24) is 15.5 Å². The van der Waals surface area contributed by atoms with E-state index in [2.05, 4.69) is 27.4 Å². The number of guanidine groups is 1. The fourth-order valence-corrected chi connectivity index (χ4v) is 2.95.